The van der Waals surface area contributed by atoms with Crippen LogP contribution in [-0.2, 0) is 0 Å². The summed E-state index contributed by atoms with van der Waals surface area (Å²) in [6.45, 7) is 1.34. The van der Waals surface area contributed by atoms with Gasteiger partial charge in [0.05, 0.1) is 19.0 Å². The van der Waals surface area contributed by atoms with E-state index in [1.807, 2.05) is 0 Å². The molecule has 0 saturated heterocycles. The number of methoxy groups -OCH3 is 1. The smallest absolute Gasteiger partial charge is 0.494 e. The van der Waals surface area contributed by atoms with Gasteiger partial charge in [0.2, 0.25) is 0 Å². The number of hydrogen-bond acceptors (Lipinski definition) is 3. The molecule has 0 aromatic carbocycles. The Morgan fingerprint density at radius 1 is 1.29 bits per heavy atom. The quantitative estimate of drug-likeness (QED) is 0.779. The molecule has 0 atom stereocenters. The highest BCUT2D eigenvalue weighted by molar-refractivity contribution is 5.46. The number of halogens is 5. The van der Waals surface area contributed by atoms with Crippen molar-refractivity contribution >= 4 is 0 Å². The standard InChI is InChI=1S/C9H8F5NO2/c1-4-7(16-2)6(8(10)11)5(3-15-4)17-9(12,13)14/h3,8H,1-2H3. The molecule has 0 spiro atoms. The second-order valence-corrected chi connectivity index (χ2v) is 3.00. The fraction of sp³-hybridized carbons (Fsp3) is 0.444. The molecule has 0 aliphatic rings. The van der Waals surface area contributed by atoms with Crippen molar-refractivity contribution in [2.75, 3.05) is 7.11 Å². The number of aromatic nitrogens is 1. The first-order valence-electron chi connectivity index (χ1n) is 4.33. The molecular formula is C9H8F5NO2. The van der Waals surface area contributed by atoms with E-state index in [2.05, 4.69) is 14.5 Å². The van der Waals surface area contributed by atoms with Gasteiger partial charge in [0.25, 0.3) is 6.43 Å². The summed E-state index contributed by atoms with van der Waals surface area (Å²) in [5, 5.41) is 0. The van der Waals surface area contributed by atoms with Crippen molar-refractivity contribution in [2.24, 2.45) is 0 Å². The molecule has 0 amide bonds. The third kappa shape index (κ3) is 3.18. The van der Waals surface area contributed by atoms with E-state index in [0.717, 1.165) is 7.11 Å². The molecule has 96 valence electrons. The summed E-state index contributed by atoms with van der Waals surface area (Å²) in [4.78, 5) is 3.49. The minimum Gasteiger partial charge on any atom is -0.494 e. The second-order valence-electron chi connectivity index (χ2n) is 3.00. The van der Waals surface area contributed by atoms with Gasteiger partial charge in [-0.3, -0.25) is 4.98 Å². The van der Waals surface area contributed by atoms with Crippen LogP contribution >= 0.6 is 0 Å². The first-order chi connectivity index (χ1) is 7.76. The summed E-state index contributed by atoms with van der Waals surface area (Å²) in [7, 11) is 1.06. The molecule has 0 aliphatic heterocycles. The van der Waals surface area contributed by atoms with Crippen molar-refractivity contribution in [3.05, 3.63) is 17.5 Å². The summed E-state index contributed by atoms with van der Waals surface area (Å²) < 4.78 is 69.4. The molecule has 3 nitrogen and oxygen atoms in total. The van der Waals surface area contributed by atoms with Crippen LogP contribution < -0.4 is 9.47 Å². The predicted octanol–water partition coefficient (Wildman–Crippen LogP) is 3.23. The fourth-order valence-corrected chi connectivity index (χ4v) is 1.26. The van der Waals surface area contributed by atoms with Gasteiger partial charge in [-0.2, -0.15) is 0 Å². The second kappa shape index (κ2) is 4.72. The van der Waals surface area contributed by atoms with Crippen LogP contribution in [0.25, 0.3) is 0 Å². The lowest BCUT2D eigenvalue weighted by atomic mass is 10.2. The molecule has 0 N–H and O–H groups in total. The predicted molar refractivity (Wildman–Crippen MR) is 47.2 cm³/mol. The third-order valence-corrected chi connectivity index (χ3v) is 1.86. The van der Waals surface area contributed by atoms with Crippen LogP contribution in [0.3, 0.4) is 0 Å². The Morgan fingerprint density at radius 3 is 2.29 bits per heavy atom. The molecule has 1 aromatic rings. The Labute approximate surface area is 93.2 Å². The first kappa shape index (κ1) is 13.5. The molecule has 0 unspecified atom stereocenters. The molecule has 1 heterocycles. The van der Waals surface area contributed by atoms with Crippen LogP contribution in [-0.4, -0.2) is 18.5 Å². The summed E-state index contributed by atoms with van der Waals surface area (Å²) in [5.41, 5.74) is -0.908. The lowest BCUT2D eigenvalue weighted by molar-refractivity contribution is -0.275. The van der Waals surface area contributed by atoms with Crippen molar-refractivity contribution in [1.82, 2.24) is 4.98 Å². The molecule has 0 saturated carbocycles. The lowest BCUT2D eigenvalue weighted by Crippen LogP contribution is -2.19. The van der Waals surface area contributed by atoms with Gasteiger partial charge in [0.1, 0.15) is 5.56 Å². The monoisotopic (exact) mass is 257 g/mol. The van der Waals surface area contributed by atoms with Gasteiger partial charge in [-0.1, -0.05) is 0 Å². The van der Waals surface area contributed by atoms with Gasteiger partial charge < -0.3 is 9.47 Å². The highest BCUT2D eigenvalue weighted by Crippen LogP contribution is 2.39. The van der Waals surface area contributed by atoms with Gasteiger partial charge in [-0.15, -0.1) is 13.2 Å². The van der Waals surface area contributed by atoms with E-state index >= 15 is 0 Å². The maximum Gasteiger partial charge on any atom is 0.573 e. The van der Waals surface area contributed by atoms with Crippen LogP contribution in [0, 0.1) is 6.92 Å². The molecule has 1 aromatic heterocycles. The maximum atomic E-state index is 12.7. The topological polar surface area (TPSA) is 31.4 Å². The van der Waals surface area contributed by atoms with E-state index in [1.54, 1.807) is 0 Å². The Morgan fingerprint density at radius 2 is 1.88 bits per heavy atom. The molecule has 1 rings (SSSR count). The van der Waals surface area contributed by atoms with E-state index < -0.39 is 29.9 Å². The number of rotatable bonds is 3. The molecule has 0 aliphatic carbocycles. The van der Waals surface area contributed by atoms with E-state index in [1.165, 1.54) is 6.92 Å². The Balaban J connectivity index is 3.30. The molecule has 0 fully saturated rings. The summed E-state index contributed by atoms with van der Waals surface area (Å²) >= 11 is 0. The first-order valence-corrected chi connectivity index (χ1v) is 4.33. The minimum atomic E-state index is -5.06. The molecule has 0 bridgehead atoms. The average Bonchev–Trinajstić information content (AvgIpc) is 2.17. The number of nitrogens with zero attached hydrogens (tertiary/aromatic N) is 1. The summed E-state index contributed by atoms with van der Waals surface area (Å²) in [5.74, 6) is -1.48. The largest absolute Gasteiger partial charge is 0.573 e. The van der Waals surface area contributed by atoms with Crippen LogP contribution in [0.5, 0.6) is 11.5 Å². The summed E-state index contributed by atoms with van der Waals surface area (Å²) in [6.07, 6.45) is -7.64. The lowest BCUT2D eigenvalue weighted by Gasteiger charge is -2.16. The normalized spacial score (nSPS) is 11.8. The van der Waals surface area contributed by atoms with Crippen LogP contribution in [0.1, 0.15) is 17.7 Å². The average molecular weight is 257 g/mol. The summed E-state index contributed by atoms with van der Waals surface area (Å²) in [6, 6.07) is 0. The number of hydrogen-bond donors (Lipinski definition) is 0. The number of ether oxygens (including phenoxy) is 2. The SMILES string of the molecule is COc1c(C)ncc(OC(F)(F)F)c1C(F)F. The van der Waals surface area contributed by atoms with Crippen molar-refractivity contribution in [3.63, 3.8) is 0 Å². The number of pyridine rings is 1. The Bertz CT molecular complexity index is 405. The zero-order valence-corrected chi connectivity index (χ0v) is 8.81. The van der Waals surface area contributed by atoms with Gasteiger partial charge in [0.15, 0.2) is 11.5 Å². The fourth-order valence-electron chi connectivity index (χ4n) is 1.26. The van der Waals surface area contributed by atoms with Gasteiger partial charge in [-0.25, -0.2) is 8.78 Å². The van der Waals surface area contributed by atoms with E-state index in [4.69, 9.17) is 0 Å². The van der Waals surface area contributed by atoms with E-state index in [0.29, 0.717) is 6.20 Å². The molecular weight excluding hydrogens is 249 g/mol. The van der Waals surface area contributed by atoms with Gasteiger partial charge in [0, 0.05) is 0 Å². The Hall–Kier alpha value is -1.60. The van der Waals surface area contributed by atoms with Gasteiger partial charge in [-0.05, 0) is 6.92 Å². The van der Waals surface area contributed by atoms with Crippen molar-refractivity contribution < 1.29 is 31.4 Å². The van der Waals surface area contributed by atoms with Crippen molar-refractivity contribution in [1.29, 1.82) is 0 Å². The highest BCUT2D eigenvalue weighted by atomic mass is 19.4. The zero-order valence-electron chi connectivity index (χ0n) is 8.81. The van der Waals surface area contributed by atoms with E-state index in [-0.39, 0.29) is 5.69 Å². The van der Waals surface area contributed by atoms with Gasteiger partial charge >= 0.3 is 6.36 Å². The molecule has 0 radical (unpaired) electrons. The number of alkyl halides is 5. The molecule has 17 heavy (non-hydrogen) atoms. The van der Waals surface area contributed by atoms with Crippen molar-refractivity contribution in [2.45, 2.75) is 19.7 Å². The molecule has 8 heteroatoms. The van der Waals surface area contributed by atoms with Crippen molar-refractivity contribution in [3.8, 4) is 11.5 Å². The van der Waals surface area contributed by atoms with Crippen LogP contribution in [0.2, 0.25) is 0 Å². The minimum absolute atomic E-state index is 0.0531. The van der Waals surface area contributed by atoms with Crippen LogP contribution in [0.15, 0.2) is 6.20 Å². The maximum absolute atomic E-state index is 12.7. The number of aryl methyl sites for hydroxylation is 1. The zero-order chi connectivity index (χ0) is 13.2. The highest BCUT2D eigenvalue weighted by Gasteiger charge is 2.35. The van der Waals surface area contributed by atoms with E-state index in [9.17, 15) is 22.0 Å². The Kier molecular flexibility index (Phi) is 3.74. The third-order valence-electron chi connectivity index (χ3n) is 1.86. The van der Waals surface area contributed by atoms with Crippen LogP contribution in [0.4, 0.5) is 22.0 Å².